The second-order valence-corrected chi connectivity index (χ2v) is 7.13. The van der Waals surface area contributed by atoms with E-state index in [1.807, 2.05) is 18.7 Å². The van der Waals surface area contributed by atoms with Gasteiger partial charge in [0.2, 0.25) is 5.91 Å². The van der Waals surface area contributed by atoms with Crippen LogP contribution in [0.1, 0.15) is 20.3 Å². The average Bonchev–Trinajstić information content (AvgIpc) is 2.38. The first-order chi connectivity index (χ1) is 9.33. The van der Waals surface area contributed by atoms with Crippen molar-refractivity contribution in [1.29, 1.82) is 0 Å². The van der Waals surface area contributed by atoms with Crippen molar-refractivity contribution in [3.05, 3.63) is 30.3 Å². The van der Waals surface area contributed by atoms with Gasteiger partial charge in [-0.05, 0) is 38.9 Å². The summed E-state index contributed by atoms with van der Waals surface area (Å²) in [4.78, 5) is 13.2. The molecule has 1 aromatic carbocycles. The van der Waals surface area contributed by atoms with Gasteiger partial charge >= 0.3 is 0 Å². The van der Waals surface area contributed by atoms with E-state index in [1.165, 1.54) is 0 Å². The monoisotopic (exact) mass is 298 g/mol. The molecule has 0 spiro atoms. The van der Waals surface area contributed by atoms with Crippen LogP contribution in [0.4, 0.5) is 0 Å². The Bertz CT molecular complexity index is 527. The van der Waals surface area contributed by atoms with Crippen LogP contribution < -0.4 is 5.73 Å². The van der Waals surface area contributed by atoms with Crippen molar-refractivity contribution < 1.29 is 13.2 Å². The van der Waals surface area contributed by atoms with Gasteiger partial charge in [0.05, 0.1) is 17.2 Å². The Balaban J connectivity index is 2.56. The van der Waals surface area contributed by atoms with Crippen molar-refractivity contribution in [1.82, 2.24) is 4.90 Å². The number of hydrogen-bond acceptors (Lipinski definition) is 4. The molecule has 0 saturated carbocycles. The number of benzene rings is 1. The molecule has 0 unspecified atom stereocenters. The summed E-state index contributed by atoms with van der Waals surface area (Å²) < 4.78 is 24.2. The highest BCUT2D eigenvalue weighted by Crippen LogP contribution is 2.11. The maximum absolute atomic E-state index is 12.1. The van der Waals surface area contributed by atoms with Crippen LogP contribution in [-0.4, -0.2) is 44.1 Å². The van der Waals surface area contributed by atoms with Gasteiger partial charge in [-0.3, -0.25) is 9.69 Å². The molecule has 1 rings (SSSR count). The molecule has 2 N–H and O–H groups in total. The normalized spacial score (nSPS) is 12.0. The Morgan fingerprint density at radius 3 is 2.35 bits per heavy atom. The quantitative estimate of drug-likeness (QED) is 0.778. The van der Waals surface area contributed by atoms with Gasteiger partial charge in [-0.2, -0.15) is 0 Å². The minimum atomic E-state index is -3.25. The maximum Gasteiger partial charge on any atom is 0.231 e. The topological polar surface area (TPSA) is 80.5 Å². The Morgan fingerprint density at radius 2 is 1.85 bits per heavy atom. The molecule has 0 heterocycles. The van der Waals surface area contributed by atoms with Gasteiger partial charge in [0, 0.05) is 6.04 Å². The van der Waals surface area contributed by atoms with Crippen LogP contribution in [0.2, 0.25) is 0 Å². The Morgan fingerprint density at radius 1 is 1.25 bits per heavy atom. The third-order valence-corrected chi connectivity index (χ3v) is 4.87. The standard InChI is InChI=1S/C14H22N2O3S/c1-12(2)16(11-14(15)17)9-6-10-20(18,19)13-7-4-3-5-8-13/h3-5,7-8,12H,6,9-11H2,1-2H3,(H2,15,17). The smallest absolute Gasteiger partial charge is 0.231 e. The zero-order valence-electron chi connectivity index (χ0n) is 12.0. The summed E-state index contributed by atoms with van der Waals surface area (Å²) in [5.74, 6) is -0.330. The molecule has 0 radical (unpaired) electrons. The lowest BCUT2D eigenvalue weighted by atomic mass is 10.3. The lowest BCUT2D eigenvalue weighted by Gasteiger charge is -2.24. The van der Waals surface area contributed by atoms with E-state index in [1.54, 1.807) is 30.3 Å². The fourth-order valence-electron chi connectivity index (χ4n) is 1.92. The molecule has 0 bridgehead atoms. The molecule has 5 nitrogen and oxygen atoms in total. The molecule has 112 valence electrons. The van der Waals surface area contributed by atoms with Crippen molar-refractivity contribution in [3.63, 3.8) is 0 Å². The van der Waals surface area contributed by atoms with Gasteiger partial charge in [-0.15, -0.1) is 0 Å². The maximum atomic E-state index is 12.1. The number of hydrogen-bond donors (Lipinski definition) is 1. The van der Waals surface area contributed by atoms with E-state index in [-0.39, 0.29) is 18.3 Å². The van der Waals surface area contributed by atoms with Crippen molar-refractivity contribution in [2.24, 2.45) is 5.73 Å². The SMILES string of the molecule is CC(C)N(CCCS(=O)(=O)c1ccccc1)CC(N)=O. The molecule has 0 fully saturated rings. The number of primary amides is 1. The molecule has 0 aromatic heterocycles. The highest BCUT2D eigenvalue weighted by molar-refractivity contribution is 7.91. The second-order valence-electron chi connectivity index (χ2n) is 5.02. The largest absolute Gasteiger partial charge is 0.369 e. The van der Waals surface area contributed by atoms with Crippen molar-refractivity contribution in [3.8, 4) is 0 Å². The number of sulfone groups is 1. The molecule has 20 heavy (non-hydrogen) atoms. The van der Waals surface area contributed by atoms with Crippen LogP contribution in [0.15, 0.2) is 35.2 Å². The van der Waals surface area contributed by atoms with Gasteiger partial charge in [-0.25, -0.2) is 8.42 Å². The Kier molecular flexibility index (Phi) is 6.16. The molecular formula is C14H22N2O3S. The summed E-state index contributed by atoms with van der Waals surface area (Å²) in [7, 11) is -3.25. The summed E-state index contributed by atoms with van der Waals surface area (Å²) >= 11 is 0. The van der Waals surface area contributed by atoms with E-state index in [0.29, 0.717) is 17.9 Å². The van der Waals surface area contributed by atoms with Crippen LogP contribution in [-0.2, 0) is 14.6 Å². The number of amides is 1. The van der Waals surface area contributed by atoms with E-state index in [9.17, 15) is 13.2 Å². The first kappa shape index (κ1) is 16.7. The van der Waals surface area contributed by atoms with Gasteiger partial charge in [0.1, 0.15) is 0 Å². The predicted octanol–water partition coefficient (Wildman–Crippen LogP) is 1.05. The van der Waals surface area contributed by atoms with Crippen LogP contribution >= 0.6 is 0 Å². The molecule has 6 heteroatoms. The van der Waals surface area contributed by atoms with Gasteiger partial charge in [-0.1, -0.05) is 18.2 Å². The number of nitrogens with zero attached hydrogens (tertiary/aromatic N) is 1. The summed E-state index contributed by atoms with van der Waals surface area (Å²) in [5, 5.41) is 0. The first-order valence-corrected chi connectivity index (χ1v) is 8.28. The van der Waals surface area contributed by atoms with Gasteiger partial charge in [0.15, 0.2) is 9.84 Å². The Labute approximate surface area is 120 Å². The van der Waals surface area contributed by atoms with Crippen LogP contribution in [0.25, 0.3) is 0 Å². The fraction of sp³-hybridized carbons (Fsp3) is 0.500. The minimum absolute atomic E-state index is 0.0684. The molecule has 0 aliphatic carbocycles. The molecular weight excluding hydrogens is 276 g/mol. The third kappa shape index (κ3) is 5.30. The number of nitrogens with two attached hydrogens (primary N) is 1. The lowest BCUT2D eigenvalue weighted by molar-refractivity contribution is -0.119. The molecule has 0 aliphatic rings. The minimum Gasteiger partial charge on any atom is -0.369 e. The number of carbonyl (C=O) groups is 1. The van der Waals surface area contributed by atoms with Crippen molar-refractivity contribution in [2.75, 3.05) is 18.8 Å². The molecule has 1 aromatic rings. The van der Waals surface area contributed by atoms with Crippen molar-refractivity contribution in [2.45, 2.75) is 31.2 Å². The van der Waals surface area contributed by atoms with Gasteiger partial charge in [0.25, 0.3) is 0 Å². The zero-order valence-corrected chi connectivity index (χ0v) is 12.8. The summed E-state index contributed by atoms with van der Waals surface area (Å²) in [6, 6.07) is 8.55. The summed E-state index contributed by atoms with van der Waals surface area (Å²) in [5.41, 5.74) is 5.18. The van der Waals surface area contributed by atoms with E-state index >= 15 is 0 Å². The molecule has 0 atom stereocenters. The van der Waals surface area contributed by atoms with Crippen LogP contribution in [0.3, 0.4) is 0 Å². The highest BCUT2D eigenvalue weighted by atomic mass is 32.2. The highest BCUT2D eigenvalue weighted by Gasteiger charge is 2.16. The van der Waals surface area contributed by atoms with E-state index < -0.39 is 15.7 Å². The average molecular weight is 298 g/mol. The number of rotatable bonds is 8. The number of carbonyl (C=O) groups excluding carboxylic acids is 1. The van der Waals surface area contributed by atoms with Crippen molar-refractivity contribution >= 4 is 15.7 Å². The van der Waals surface area contributed by atoms with Gasteiger partial charge < -0.3 is 5.73 Å². The van der Waals surface area contributed by atoms with Crippen LogP contribution in [0.5, 0.6) is 0 Å². The summed E-state index contributed by atoms with van der Waals surface area (Å²) in [6.45, 7) is 4.60. The summed E-state index contributed by atoms with van der Waals surface area (Å²) in [6.07, 6.45) is 0.475. The third-order valence-electron chi connectivity index (χ3n) is 3.05. The van der Waals surface area contributed by atoms with E-state index in [2.05, 4.69) is 0 Å². The zero-order chi connectivity index (χ0) is 15.2. The fourth-order valence-corrected chi connectivity index (χ4v) is 3.24. The predicted molar refractivity (Wildman–Crippen MR) is 79.0 cm³/mol. The Hall–Kier alpha value is -1.40. The second kappa shape index (κ2) is 7.40. The molecule has 0 saturated heterocycles. The molecule has 0 aliphatic heterocycles. The van der Waals surface area contributed by atoms with E-state index in [4.69, 9.17) is 5.73 Å². The molecule has 1 amide bonds. The van der Waals surface area contributed by atoms with E-state index in [0.717, 1.165) is 0 Å². The lowest BCUT2D eigenvalue weighted by Crippen LogP contribution is -2.39. The van der Waals surface area contributed by atoms with Crippen LogP contribution in [0, 0.1) is 0 Å². The first-order valence-electron chi connectivity index (χ1n) is 6.63.